The molecule has 9 heteroatoms. The zero-order valence-corrected chi connectivity index (χ0v) is 15.8. The number of nitrogens with one attached hydrogen (secondary N) is 2. The van der Waals surface area contributed by atoms with E-state index in [0.717, 1.165) is 10.9 Å². The molecular weight excluding hydrogens is 389 g/mol. The Labute approximate surface area is 170 Å². The minimum absolute atomic E-state index is 0.231. The molecule has 0 radical (unpaired) electrons. The number of aromatic amines is 1. The van der Waals surface area contributed by atoms with E-state index in [0.29, 0.717) is 47.2 Å². The summed E-state index contributed by atoms with van der Waals surface area (Å²) in [6, 6.07) is 8.64. The van der Waals surface area contributed by atoms with Gasteiger partial charge in [0.05, 0.1) is 11.9 Å². The highest BCUT2D eigenvalue weighted by molar-refractivity contribution is 5.98. The molecule has 8 nitrogen and oxygen atoms in total. The molecule has 3 heterocycles. The zero-order valence-electron chi connectivity index (χ0n) is 15.8. The second-order valence-corrected chi connectivity index (χ2v) is 6.71. The van der Waals surface area contributed by atoms with Crippen molar-refractivity contribution in [2.75, 3.05) is 18.0 Å². The van der Waals surface area contributed by atoms with Gasteiger partial charge in [0.1, 0.15) is 17.0 Å². The standard InChI is InChI=1S/C21H18FN5O3/c22-18-8-14(7-13-3-1-4-23-19(13)18)17-11-26-20-16(17)9-15(10-25-20)27(12-28)6-2-5-24-21(29)30/h1,3-4,7-12,24H,2,5-6H2,(H,25,26)(H,29,30). The Morgan fingerprint density at radius 2 is 2.17 bits per heavy atom. The van der Waals surface area contributed by atoms with Crippen molar-refractivity contribution in [3.8, 4) is 11.1 Å². The number of aromatic nitrogens is 3. The SMILES string of the molecule is O=CN(CCCNC(=O)O)c1cnc2[nH]cc(-c3cc(F)c4ncccc4c3)c2c1. The van der Waals surface area contributed by atoms with E-state index >= 15 is 0 Å². The Kier molecular flexibility index (Phi) is 5.25. The molecule has 0 aliphatic carbocycles. The molecule has 1 aromatic carbocycles. The number of nitrogens with zero attached hydrogens (tertiary/aromatic N) is 3. The first-order valence-electron chi connectivity index (χ1n) is 9.27. The minimum atomic E-state index is -1.11. The van der Waals surface area contributed by atoms with Gasteiger partial charge in [0.2, 0.25) is 6.41 Å². The van der Waals surface area contributed by atoms with Gasteiger partial charge in [-0.3, -0.25) is 9.78 Å². The van der Waals surface area contributed by atoms with Crippen molar-refractivity contribution < 1.29 is 19.1 Å². The average molecular weight is 407 g/mol. The van der Waals surface area contributed by atoms with Crippen molar-refractivity contribution in [3.63, 3.8) is 0 Å². The fourth-order valence-electron chi connectivity index (χ4n) is 3.38. The van der Waals surface area contributed by atoms with Crippen molar-refractivity contribution in [1.29, 1.82) is 0 Å². The van der Waals surface area contributed by atoms with Crippen LogP contribution < -0.4 is 10.2 Å². The van der Waals surface area contributed by atoms with Crippen molar-refractivity contribution in [2.24, 2.45) is 0 Å². The van der Waals surface area contributed by atoms with Crippen molar-refractivity contribution >= 4 is 40.1 Å². The first kappa shape index (κ1) is 19.3. The van der Waals surface area contributed by atoms with Crippen LogP contribution in [0, 0.1) is 5.82 Å². The summed E-state index contributed by atoms with van der Waals surface area (Å²) in [5.74, 6) is -0.415. The predicted molar refractivity (Wildman–Crippen MR) is 111 cm³/mol. The average Bonchev–Trinajstić information content (AvgIpc) is 3.17. The second kappa shape index (κ2) is 8.16. The molecule has 0 atom stereocenters. The summed E-state index contributed by atoms with van der Waals surface area (Å²) >= 11 is 0. The number of anilines is 1. The number of fused-ring (bicyclic) bond motifs is 2. The number of carbonyl (C=O) groups is 2. The van der Waals surface area contributed by atoms with E-state index in [-0.39, 0.29) is 6.54 Å². The van der Waals surface area contributed by atoms with Gasteiger partial charge >= 0.3 is 6.09 Å². The van der Waals surface area contributed by atoms with Gasteiger partial charge in [-0.05, 0) is 36.2 Å². The molecule has 30 heavy (non-hydrogen) atoms. The molecule has 0 aliphatic rings. The maximum atomic E-state index is 14.5. The molecule has 0 saturated heterocycles. The molecule has 0 unspecified atom stereocenters. The van der Waals surface area contributed by atoms with Gasteiger partial charge in [-0.1, -0.05) is 6.07 Å². The highest BCUT2D eigenvalue weighted by atomic mass is 19.1. The van der Waals surface area contributed by atoms with Crippen LogP contribution in [0.3, 0.4) is 0 Å². The lowest BCUT2D eigenvalue weighted by Gasteiger charge is -2.17. The van der Waals surface area contributed by atoms with Gasteiger partial charge in [0, 0.05) is 41.8 Å². The van der Waals surface area contributed by atoms with Crippen LogP contribution in [0.25, 0.3) is 33.1 Å². The first-order chi connectivity index (χ1) is 14.6. The van der Waals surface area contributed by atoms with Gasteiger partial charge in [-0.25, -0.2) is 14.2 Å². The third kappa shape index (κ3) is 3.77. The molecule has 0 bridgehead atoms. The molecule has 0 spiro atoms. The summed E-state index contributed by atoms with van der Waals surface area (Å²) in [4.78, 5) is 35.1. The number of hydrogen-bond donors (Lipinski definition) is 3. The lowest BCUT2D eigenvalue weighted by atomic mass is 10.0. The second-order valence-electron chi connectivity index (χ2n) is 6.71. The molecule has 0 fully saturated rings. The van der Waals surface area contributed by atoms with Crippen molar-refractivity contribution in [2.45, 2.75) is 6.42 Å². The summed E-state index contributed by atoms with van der Waals surface area (Å²) in [5, 5.41) is 12.3. The van der Waals surface area contributed by atoms with Crippen LogP contribution in [-0.2, 0) is 4.79 Å². The van der Waals surface area contributed by atoms with Crippen molar-refractivity contribution in [3.05, 3.63) is 54.7 Å². The molecule has 0 aliphatic heterocycles. The summed E-state index contributed by atoms with van der Waals surface area (Å²) < 4.78 is 14.5. The number of halogens is 1. The minimum Gasteiger partial charge on any atom is -0.465 e. The maximum Gasteiger partial charge on any atom is 0.404 e. The molecule has 2 amide bonds. The summed E-state index contributed by atoms with van der Waals surface area (Å²) in [6.07, 6.45) is 4.88. The van der Waals surface area contributed by atoms with Crippen LogP contribution in [0.15, 0.2) is 48.9 Å². The molecule has 3 aromatic heterocycles. The van der Waals surface area contributed by atoms with Crippen LogP contribution in [0.4, 0.5) is 14.9 Å². The summed E-state index contributed by atoms with van der Waals surface area (Å²) in [7, 11) is 0. The molecule has 4 rings (SSSR count). The number of carbonyl (C=O) groups excluding carboxylic acids is 1. The summed E-state index contributed by atoms with van der Waals surface area (Å²) in [5.41, 5.74) is 2.90. The maximum absolute atomic E-state index is 14.5. The van der Waals surface area contributed by atoms with Crippen LogP contribution in [0.2, 0.25) is 0 Å². The number of H-pyrrole nitrogens is 1. The van der Waals surface area contributed by atoms with Gasteiger partial charge in [0.25, 0.3) is 0 Å². The number of benzene rings is 1. The Balaban J connectivity index is 1.68. The van der Waals surface area contributed by atoms with E-state index in [1.165, 1.54) is 11.0 Å². The molecule has 0 saturated carbocycles. The van der Waals surface area contributed by atoms with Gasteiger partial charge < -0.3 is 20.3 Å². The van der Waals surface area contributed by atoms with Gasteiger partial charge in [0.15, 0.2) is 0 Å². The van der Waals surface area contributed by atoms with Crippen LogP contribution in [-0.4, -0.2) is 45.7 Å². The highest BCUT2D eigenvalue weighted by Crippen LogP contribution is 2.32. The molecule has 152 valence electrons. The third-order valence-electron chi connectivity index (χ3n) is 4.80. The number of hydrogen-bond acceptors (Lipinski definition) is 4. The number of rotatable bonds is 7. The van der Waals surface area contributed by atoms with E-state index in [2.05, 4.69) is 20.3 Å². The lowest BCUT2D eigenvalue weighted by Crippen LogP contribution is -2.28. The van der Waals surface area contributed by atoms with E-state index in [1.807, 2.05) is 6.07 Å². The first-order valence-corrected chi connectivity index (χ1v) is 9.27. The largest absolute Gasteiger partial charge is 0.465 e. The van der Waals surface area contributed by atoms with Crippen LogP contribution in [0.5, 0.6) is 0 Å². The van der Waals surface area contributed by atoms with E-state index in [4.69, 9.17) is 5.11 Å². The van der Waals surface area contributed by atoms with Crippen LogP contribution in [0.1, 0.15) is 6.42 Å². The quantitative estimate of drug-likeness (QED) is 0.321. The third-order valence-corrected chi connectivity index (χ3v) is 4.80. The van der Waals surface area contributed by atoms with E-state index in [1.54, 1.807) is 36.8 Å². The van der Waals surface area contributed by atoms with E-state index < -0.39 is 11.9 Å². The van der Waals surface area contributed by atoms with Crippen LogP contribution >= 0.6 is 0 Å². The Morgan fingerprint density at radius 1 is 1.30 bits per heavy atom. The fraction of sp³-hybridized carbons (Fsp3) is 0.143. The molecule has 3 N–H and O–H groups in total. The van der Waals surface area contributed by atoms with Crippen molar-refractivity contribution in [1.82, 2.24) is 20.3 Å². The van der Waals surface area contributed by atoms with Gasteiger partial charge in [-0.15, -0.1) is 0 Å². The Morgan fingerprint density at radius 3 is 2.97 bits per heavy atom. The van der Waals surface area contributed by atoms with Gasteiger partial charge in [-0.2, -0.15) is 0 Å². The van der Waals surface area contributed by atoms with E-state index in [9.17, 15) is 14.0 Å². The molecular formula is C21H18FN5O3. The fourth-order valence-corrected chi connectivity index (χ4v) is 3.38. The monoisotopic (exact) mass is 407 g/mol. The topological polar surface area (TPSA) is 111 Å². The lowest BCUT2D eigenvalue weighted by molar-refractivity contribution is -0.107. The zero-order chi connectivity index (χ0) is 21.1. The molecule has 4 aromatic rings. The normalized spacial score (nSPS) is 11.0. The smallest absolute Gasteiger partial charge is 0.404 e. The summed E-state index contributed by atoms with van der Waals surface area (Å²) in [6.45, 7) is 0.558. The highest BCUT2D eigenvalue weighted by Gasteiger charge is 2.14. The number of pyridine rings is 2. The number of amides is 2. The Hall–Kier alpha value is -4.01. The Bertz CT molecular complexity index is 1240. The predicted octanol–water partition coefficient (Wildman–Crippen LogP) is 3.54. The number of carboxylic acid groups (broad SMARTS) is 1.